The van der Waals surface area contributed by atoms with Crippen LogP contribution in [0.4, 0.5) is 0 Å². The molecular weight excluding hydrogens is 411 g/mol. The molecule has 0 aliphatic rings. The van der Waals surface area contributed by atoms with Gasteiger partial charge in [-0.25, -0.2) is 0 Å². The van der Waals surface area contributed by atoms with E-state index in [-0.39, 0.29) is 0 Å². The molecule has 0 aromatic heterocycles. The molecule has 1 radical (unpaired) electrons. The summed E-state index contributed by atoms with van der Waals surface area (Å²) in [5.41, 5.74) is 0. The van der Waals surface area contributed by atoms with Gasteiger partial charge in [0.1, 0.15) is 0 Å². The Hall–Kier alpha value is 0.759. The summed E-state index contributed by atoms with van der Waals surface area (Å²) in [4.78, 5) is 0. The number of hydrogen-bond acceptors (Lipinski definition) is 1. The van der Waals surface area contributed by atoms with E-state index in [9.17, 15) is 0 Å². The maximum atomic E-state index is 6.47. The van der Waals surface area contributed by atoms with Gasteiger partial charge < -0.3 is 0 Å². The third-order valence-electron chi connectivity index (χ3n) is 5.17. The molecule has 0 amide bonds. The summed E-state index contributed by atoms with van der Waals surface area (Å²) in [6, 6.07) is 0. The van der Waals surface area contributed by atoms with E-state index in [1.807, 2.05) is 0 Å². The third kappa shape index (κ3) is 20.9. The zero-order valence-corrected chi connectivity index (χ0v) is 20.9. The molecule has 0 aromatic rings. The molecule has 0 saturated heterocycles. The monoisotopic (exact) mass is 461 g/mol. The van der Waals surface area contributed by atoms with Crippen molar-refractivity contribution in [3.63, 3.8) is 0 Å². The summed E-state index contributed by atoms with van der Waals surface area (Å²) in [5, 5.41) is 0. The van der Waals surface area contributed by atoms with Crippen molar-refractivity contribution in [3.8, 4) is 0 Å². The first-order valence-electron chi connectivity index (χ1n) is 11.8. The Morgan fingerprint density at radius 2 is 0.800 bits per heavy atom. The van der Waals surface area contributed by atoms with E-state index in [0.29, 0.717) is 0 Å². The molecule has 1 nitrogen and oxygen atoms in total. The van der Waals surface area contributed by atoms with Crippen molar-refractivity contribution >= 4 is 20.2 Å². The van der Waals surface area contributed by atoms with Gasteiger partial charge in [0.2, 0.25) is 0 Å². The fraction of sp³-hybridized carbons (Fsp3) is 1.00. The van der Waals surface area contributed by atoms with Crippen LogP contribution in [-0.4, -0.2) is 26.8 Å². The second-order valence-corrected chi connectivity index (χ2v) is 14.6. The first-order valence-corrected chi connectivity index (χ1v) is 17.0. The van der Waals surface area contributed by atoms with E-state index in [0.717, 1.165) is 6.61 Å². The van der Waals surface area contributed by atoms with E-state index in [1.54, 1.807) is 0 Å². The molecule has 0 atom stereocenters. The number of unbranched alkanes of at least 4 members (excludes halogenated alkanes) is 14. The standard InChI is InChI=1S/2C8H17.C7H15O.Sn/c2*1-3-5-7-8-6-4-2;1-2-3-4-5-6-7-8;/h2*1,3-8H2,2H3;2-7H2,1H3;/q;;-1;+1. The van der Waals surface area contributed by atoms with E-state index in [1.165, 1.54) is 118 Å². The Balaban J connectivity index is 3.76. The van der Waals surface area contributed by atoms with Gasteiger partial charge in [0.25, 0.3) is 0 Å². The van der Waals surface area contributed by atoms with Gasteiger partial charge in [-0.3, -0.25) is 0 Å². The third-order valence-corrected chi connectivity index (χ3v) is 12.1. The van der Waals surface area contributed by atoms with Crippen LogP contribution in [-0.2, 0) is 3.07 Å². The van der Waals surface area contributed by atoms with E-state index in [2.05, 4.69) is 20.8 Å². The molecule has 0 aromatic carbocycles. The Kier molecular flexibility index (Phi) is 23.5. The maximum absolute atomic E-state index is 6.47. The molecule has 0 saturated carbocycles. The quantitative estimate of drug-likeness (QED) is 0.123. The normalized spacial score (nSPS) is 11.5. The molecule has 0 aliphatic carbocycles. The number of rotatable bonds is 21. The molecule has 0 N–H and O–H groups in total. The van der Waals surface area contributed by atoms with Crippen LogP contribution in [0.3, 0.4) is 0 Å². The van der Waals surface area contributed by atoms with Crippen LogP contribution < -0.4 is 0 Å². The molecule has 0 bridgehead atoms. The van der Waals surface area contributed by atoms with Crippen LogP contribution >= 0.6 is 0 Å². The Morgan fingerprint density at radius 1 is 0.440 bits per heavy atom. The van der Waals surface area contributed by atoms with Crippen molar-refractivity contribution in [2.45, 2.75) is 139 Å². The van der Waals surface area contributed by atoms with Crippen LogP contribution in [0, 0.1) is 0 Å². The SMILES string of the molecule is CCCCCCC[CH2][Sn]([CH2]CCCCCCC)[O]CCCCCCC. The first-order chi connectivity index (χ1) is 12.3. The fourth-order valence-corrected chi connectivity index (χ4v) is 9.85. The summed E-state index contributed by atoms with van der Waals surface area (Å²) in [7, 11) is 0. The molecule has 0 spiro atoms. The summed E-state index contributed by atoms with van der Waals surface area (Å²) in [5.74, 6) is 0. The minimum atomic E-state index is -1.52. The summed E-state index contributed by atoms with van der Waals surface area (Å²) >= 11 is -1.52. The predicted octanol–water partition coefficient (Wildman–Crippen LogP) is 8.69. The van der Waals surface area contributed by atoms with E-state index >= 15 is 0 Å². The minimum absolute atomic E-state index is 1.09. The van der Waals surface area contributed by atoms with E-state index < -0.39 is 20.2 Å². The van der Waals surface area contributed by atoms with Crippen LogP contribution in [0.2, 0.25) is 8.87 Å². The van der Waals surface area contributed by atoms with Gasteiger partial charge in [-0.05, 0) is 0 Å². The van der Waals surface area contributed by atoms with Gasteiger partial charge in [0.15, 0.2) is 0 Å². The molecule has 25 heavy (non-hydrogen) atoms. The van der Waals surface area contributed by atoms with Crippen molar-refractivity contribution in [2.24, 2.45) is 0 Å². The molecule has 0 rings (SSSR count). The Bertz CT molecular complexity index is 194. The van der Waals surface area contributed by atoms with E-state index in [4.69, 9.17) is 3.07 Å². The van der Waals surface area contributed by atoms with Gasteiger partial charge in [0.05, 0.1) is 0 Å². The second kappa shape index (κ2) is 22.8. The van der Waals surface area contributed by atoms with Crippen LogP contribution in [0.1, 0.15) is 130 Å². The molecule has 0 fully saturated rings. The van der Waals surface area contributed by atoms with Gasteiger partial charge >= 0.3 is 169 Å². The Labute approximate surface area is 168 Å². The molecular formula is C23H49OSn. The van der Waals surface area contributed by atoms with Gasteiger partial charge in [-0.2, -0.15) is 0 Å². The molecule has 0 aliphatic heterocycles. The first kappa shape index (κ1) is 25.8. The molecule has 0 heterocycles. The van der Waals surface area contributed by atoms with Crippen molar-refractivity contribution in [1.29, 1.82) is 0 Å². The predicted molar refractivity (Wildman–Crippen MR) is 117 cm³/mol. The van der Waals surface area contributed by atoms with Crippen molar-refractivity contribution in [2.75, 3.05) is 6.61 Å². The van der Waals surface area contributed by atoms with Crippen molar-refractivity contribution in [3.05, 3.63) is 0 Å². The summed E-state index contributed by atoms with van der Waals surface area (Å²) in [6.45, 7) is 7.99. The topological polar surface area (TPSA) is 9.23 Å². The second-order valence-electron chi connectivity index (χ2n) is 7.84. The van der Waals surface area contributed by atoms with Crippen LogP contribution in [0.5, 0.6) is 0 Å². The zero-order chi connectivity index (χ0) is 18.4. The summed E-state index contributed by atoms with van der Waals surface area (Å²) < 4.78 is 9.47. The van der Waals surface area contributed by atoms with Crippen molar-refractivity contribution in [1.82, 2.24) is 0 Å². The van der Waals surface area contributed by atoms with Crippen molar-refractivity contribution < 1.29 is 3.07 Å². The Morgan fingerprint density at radius 3 is 1.24 bits per heavy atom. The van der Waals surface area contributed by atoms with Crippen LogP contribution in [0.25, 0.3) is 0 Å². The van der Waals surface area contributed by atoms with Gasteiger partial charge in [-0.1, -0.05) is 0 Å². The molecule has 151 valence electrons. The average molecular weight is 460 g/mol. The number of hydrogen-bond donors (Lipinski definition) is 0. The zero-order valence-electron chi connectivity index (χ0n) is 18.1. The molecule has 2 heteroatoms. The molecule has 0 unspecified atom stereocenters. The van der Waals surface area contributed by atoms with Crippen LogP contribution in [0.15, 0.2) is 0 Å². The fourth-order valence-electron chi connectivity index (χ4n) is 3.40. The average Bonchev–Trinajstić information content (AvgIpc) is 2.63. The van der Waals surface area contributed by atoms with Gasteiger partial charge in [0, 0.05) is 0 Å². The summed E-state index contributed by atoms with van der Waals surface area (Å²) in [6.07, 6.45) is 24.1. The van der Waals surface area contributed by atoms with Gasteiger partial charge in [-0.15, -0.1) is 0 Å².